The molecule has 0 spiro atoms. The molecule has 0 radical (unpaired) electrons. The van der Waals surface area contributed by atoms with Gasteiger partial charge in [0.25, 0.3) is 0 Å². The minimum atomic E-state index is 0.738. The molecule has 0 amide bonds. The fraction of sp³-hybridized carbons (Fsp3) is 0.933. The maximum atomic E-state index is 5.54. The van der Waals surface area contributed by atoms with Gasteiger partial charge in [-0.1, -0.05) is 77.9 Å². The third-order valence-corrected chi connectivity index (χ3v) is 3.78. The average Bonchev–Trinajstić information content (AvgIpc) is 2.27. The first-order valence-corrected chi connectivity index (χ1v) is 7.69. The van der Waals surface area contributed by atoms with Crippen LogP contribution in [0.15, 0.2) is 0 Å². The van der Waals surface area contributed by atoms with E-state index in [1.807, 2.05) is 0 Å². The Bertz CT molecular complexity index is 163. The van der Waals surface area contributed by atoms with Gasteiger partial charge in [-0.3, -0.25) is 0 Å². The molecule has 16 heavy (non-hydrogen) atoms. The molecule has 0 N–H and O–H groups in total. The van der Waals surface area contributed by atoms with Crippen LogP contribution < -0.4 is 0 Å². The molecule has 1 heteroatoms. The van der Waals surface area contributed by atoms with Crippen LogP contribution in [0.2, 0.25) is 0 Å². The highest BCUT2D eigenvalue weighted by Gasteiger charge is 2.12. The molecule has 0 bridgehead atoms. The number of hydrogen-bond donors (Lipinski definition) is 0. The quantitative estimate of drug-likeness (QED) is 0.319. The highest BCUT2D eigenvalue weighted by Crippen LogP contribution is 2.20. The fourth-order valence-corrected chi connectivity index (χ4v) is 2.70. The van der Waals surface area contributed by atoms with Crippen molar-refractivity contribution in [1.29, 1.82) is 0 Å². The zero-order valence-corrected chi connectivity index (χ0v) is 12.4. The van der Waals surface area contributed by atoms with Crippen LogP contribution in [0.1, 0.15) is 85.0 Å². The van der Waals surface area contributed by atoms with Crippen LogP contribution in [0, 0.1) is 5.92 Å². The molecule has 0 aliphatic heterocycles. The van der Waals surface area contributed by atoms with Gasteiger partial charge in [-0.2, -0.15) is 0 Å². The molecule has 0 rings (SSSR count). The third-order valence-electron chi connectivity index (χ3n) is 3.25. The topological polar surface area (TPSA) is 0 Å². The van der Waals surface area contributed by atoms with Gasteiger partial charge in [0.2, 0.25) is 0 Å². The van der Waals surface area contributed by atoms with Gasteiger partial charge in [-0.15, -0.1) is 0 Å². The zero-order valence-electron chi connectivity index (χ0n) is 11.6. The Morgan fingerprint density at radius 1 is 0.812 bits per heavy atom. The first-order valence-electron chi connectivity index (χ1n) is 7.28. The van der Waals surface area contributed by atoms with Crippen molar-refractivity contribution in [2.75, 3.05) is 0 Å². The van der Waals surface area contributed by atoms with Crippen molar-refractivity contribution in [1.82, 2.24) is 0 Å². The largest absolute Gasteiger partial charge is 0.0894 e. The van der Waals surface area contributed by atoms with E-state index in [1.165, 1.54) is 62.7 Å². The predicted octanol–water partition coefficient (Wildman–Crippen LogP) is 5.93. The Balaban J connectivity index is 3.71. The van der Waals surface area contributed by atoms with E-state index in [4.69, 9.17) is 12.2 Å². The van der Waals surface area contributed by atoms with Gasteiger partial charge in [-0.25, -0.2) is 0 Å². The summed E-state index contributed by atoms with van der Waals surface area (Å²) in [6, 6.07) is 0. The smallest absolute Gasteiger partial charge is 0.00407 e. The molecule has 1 unspecified atom stereocenters. The van der Waals surface area contributed by atoms with Crippen LogP contribution in [0.5, 0.6) is 0 Å². The molecule has 0 heterocycles. The Hall–Kier alpha value is 0.0900. The summed E-state index contributed by atoms with van der Waals surface area (Å²) >= 11 is 5.54. The molecule has 0 fully saturated rings. The minimum Gasteiger partial charge on any atom is -0.0894 e. The van der Waals surface area contributed by atoms with Gasteiger partial charge >= 0.3 is 0 Å². The van der Waals surface area contributed by atoms with E-state index in [1.54, 1.807) is 0 Å². The maximum absolute atomic E-state index is 5.54. The van der Waals surface area contributed by atoms with Crippen molar-refractivity contribution in [2.24, 2.45) is 5.92 Å². The summed E-state index contributed by atoms with van der Waals surface area (Å²) in [5, 5.41) is 0. The van der Waals surface area contributed by atoms with Crippen LogP contribution in [0.4, 0.5) is 0 Å². The molecular weight excluding hydrogens is 212 g/mol. The number of rotatable bonds is 11. The molecule has 0 aliphatic rings. The molecular formula is C15H30S. The molecule has 0 saturated carbocycles. The van der Waals surface area contributed by atoms with E-state index in [9.17, 15) is 0 Å². The predicted molar refractivity (Wildman–Crippen MR) is 79.3 cm³/mol. The highest BCUT2D eigenvalue weighted by molar-refractivity contribution is 7.80. The third kappa shape index (κ3) is 8.27. The molecule has 0 nitrogen and oxygen atoms in total. The molecule has 1 atom stereocenters. The lowest BCUT2D eigenvalue weighted by atomic mass is 9.91. The summed E-state index contributed by atoms with van der Waals surface area (Å²) < 4.78 is 0. The first kappa shape index (κ1) is 16.1. The summed E-state index contributed by atoms with van der Waals surface area (Å²) in [5.74, 6) is 0.738. The van der Waals surface area contributed by atoms with Crippen LogP contribution in [0.25, 0.3) is 0 Å². The Morgan fingerprint density at radius 3 is 2.06 bits per heavy atom. The van der Waals surface area contributed by atoms with Gasteiger partial charge < -0.3 is 0 Å². The van der Waals surface area contributed by atoms with E-state index >= 15 is 0 Å². The monoisotopic (exact) mass is 242 g/mol. The second-order valence-electron chi connectivity index (χ2n) is 4.90. The fourth-order valence-electron chi connectivity index (χ4n) is 2.26. The number of hydrogen-bond acceptors (Lipinski definition) is 1. The van der Waals surface area contributed by atoms with Crippen LogP contribution in [-0.2, 0) is 0 Å². The van der Waals surface area contributed by atoms with E-state index in [0.717, 1.165) is 12.3 Å². The van der Waals surface area contributed by atoms with Gasteiger partial charge in [0.05, 0.1) is 0 Å². The summed E-state index contributed by atoms with van der Waals surface area (Å²) in [6.07, 6.45) is 13.3. The van der Waals surface area contributed by atoms with E-state index in [0.29, 0.717) is 0 Å². The van der Waals surface area contributed by atoms with Crippen molar-refractivity contribution in [3.63, 3.8) is 0 Å². The summed E-state index contributed by atoms with van der Waals surface area (Å²) in [4.78, 5) is 1.35. The van der Waals surface area contributed by atoms with Gasteiger partial charge in [0.1, 0.15) is 0 Å². The minimum absolute atomic E-state index is 0.738. The van der Waals surface area contributed by atoms with Crippen LogP contribution in [0.3, 0.4) is 0 Å². The van der Waals surface area contributed by atoms with Crippen LogP contribution in [-0.4, -0.2) is 4.86 Å². The van der Waals surface area contributed by atoms with E-state index < -0.39 is 0 Å². The molecule has 0 aromatic rings. The normalized spacial score (nSPS) is 12.7. The van der Waals surface area contributed by atoms with Crippen molar-refractivity contribution in [3.05, 3.63) is 0 Å². The standard InChI is InChI=1S/C15H30S/c1-4-7-8-9-10-13-14(11-5-2)15(16)12-6-3/h14H,4-13H2,1-3H3. The lowest BCUT2D eigenvalue weighted by molar-refractivity contribution is 0.512. The summed E-state index contributed by atoms with van der Waals surface area (Å²) in [5.41, 5.74) is 0. The number of unbranched alkanes of at least 4 members (excludes halogenated alkanes) is 4. The van der Waals surface area contributed by atoms with E-state index in [2.05, 4.69) is 20.8 Å². The van der Waals surface area contributed by atoms with Crippen molar-refractivity contribution < 1.29 is 0 Å². The molecule has 0 aliphatic carbocycles. The second kappa shape index (κ2) is 11.6. The lowest BCUT2D eigenvalue weighted by Crippen LogP contribution is -2.12. The van der Waals surface area contributed by atoms with Crippen molar-refractivity contribution in [3.8, 4) is 0 Å². The second-order valence-corrected chi connectivity index (χ2v) is 5.43. The molecule has 0 aromatic heterocycles. The van der Waals surface area contributed by atoms with Gasteiger partial charge in [0, 0.05) is 0 Å². The Labute approximate surface area is 108 Å². The van der Waals surface area contributed by atoms with E-state index in [-0.39, 0.29) is 0 Å². The zero-order chi connectivity index (χ0) is 12.2. The Morgan fingerprint density at radius 2 is 1.50 bits per heavy atom. The maximum Gasteiger partial charge on any atom is -0.00407 e. The van der Waals surface area contributed by atoms with Gasteiger partial charge in [0.15, 0.2) is 0 Å². The lowest BCUT2D eigenvalue weighted by Gasteiger charge is -2.17. The van der Waals surface area contributed by atoms with Crippen molar-refractivity contribution in [2.45, 2.75) is 85.0 Å². The average molecular weight is 242 g/mol. The first-order chi connectivity index (χ1) is 7.76. The summed E-state index contributed by atoms with van der Waals surface area (Å²) in [6.45, 7) is 6.78. The SMILES string of the molecule is CCCCCCCC(CCC)C(=S)CCC. The summed E-state index contributed by atoms with van der Waals surface area (Å²) in [7, 11) is 0. The van der Waals surface area contributed by atoms with Crippen molar-refractivity contribution >= 4 is 17.1 Å². The Kier molecular flexibility index (Phi) is 11.6. The molecule has 0 aromatic carbocycles. The molecule has 96 valence electrons. The van der Waals surface area contributed by atoms with Gasteiger partial charge in [-0.05, 0) is 30.0 Å². The van der Waals surface area contributed by atoms with Crippen LogP contribution >= 0.6 is 12.2 Å². The number of thiocarbonyl (C=S) groups is 1. The highest BCUT2D eigenvalue weighted by atomic mass is 32.1. The molecule has 0 saturated heterocycles.